The Kier molecular flexibility index (Phi) is 5.46. The first-order chi connectivity index (χ1) is 13.3. The minimum absolute atomic E-state index is 0.0719. The van der Waals surface area contributed by atoms with E-state index < -0.39 is 24.2 Å². The average Bonchev–Trinajstić information content (AvgIpc) is 2.97. The van der Waals surface area contributed by atoms with Gasteiger partial charge in [0.2, 0.25) is 17.5 Å². The fourth-order valence-corrected chi connectivity index (χ4v) is 2.91. The van der Waals surface area contributed by atoms with E-state index in [0.717, 1.165) is 6.07 Å². The Hall–Kier alpha value is -3.19. The number of amides is 1. The smallest absolute Gasteiger partial charge is 0.375 e. The van der Waals surface area contributed by atoms with Gasteiger partial charge in [0.1, 0.15) is 5.82 Å². The molecule has 1 amide bonds. The zero-order chi connectivity index (χ0) is 20.4. The predicted octanol–water partition coefficient (Wildman–Crippen LogP) is 4.53. The number of ketones is 1. The molecule has 1 heterocycles. The van der Waals surface area contributed by atoms with Gasteiger partial charge in [0.25, 0.3) is 0 Å². The number of hydrogen-bond donors (Lipinski definition) is 1. The number of fused-ring (bicyclic) bond motifs is 1. The number of aryl methyl sites for hydroxylation is 1. The number of anilines is 1. The van der Waals surface area contributed by atoms with Crippen molar-refractivity contribution < 1.29 is 27.9 Å². The number of hydrogen-bond acceptors (Lipinski definition) is 5. The van der Waals surface area contributed by atoms with E-state index in [9.17, 15) is 18.8 Å². The lowest BCUT2D eigenvalue weighted by Crippen LogP contribution is -2.16. The molecule has 0 radical (unpaired) electrons. The van der Waals surface area contributed by atoms with Crippen LogP contribution in [0.4, 0.5) is 10.1 Å². The van der Waals surface area contributed by atoms with Crippen LogP contribution in [0.1, 0.15) is 33.4 Å². The highest BCUT2D eigenvalue weighted by molar-refractivity contribution is 6.35. The molecule has 0 unspecified atom stereocenters. The van der Waals surface area contributed by atoms with Crippen molar-refractivity contribution in [2.75, 3.05) is 11.9 Å². The minimum Gasteiger partial charge on any atom is -0.451 e. The van der Waals surface area contributed by atoms with Crippen molar-refractivity contribution in [2.24, 2.45) is 0 Å². The van der Waals surface area contributed by atoms with Gasteiger partial charge in [-0.2, -0.15) is 0 Å². The van der Waals surface area contributed by atoms with Gasteiger partial charge in [0.15, 0.2) is 12.2 Å². The summed E-state index contributed by atoms with van der Waals surface area (Å²) in [5.74, 6) is -2.86. The van der Waals surface area contributed by atoms with Crippen LogP contribution in [0.2, 0.25) is 5.02 Å². The number of Topliss-reactive ketones (excluding diaryl/α,β-unsaturated/α-hetero) is 1. The number of carbonyl (C=O) groups is 3. The zero-order valence-corrected chi connectivity index (χ0v) is 15.7. The Bertz CT molecular complexity index is 1110. The number of para-hydroxylation sites is 1. The second-order valence-corrected chi connectivity index (χ2v) is 6.46. The van der Waals surface area contributed by atoms with Crippen LogP contribution in [0.15, 0.2) is 40.8 Å². The van der Waals surface area contributed by atoms with Gasteiger partial charge in [-0.1, -0.05) is 23.7 Å². The Morgan fingerprint density at radius 2 is 1.96 bits per heavy atom. The minimum atomic E-state index is -0.853. The maximum atomic E-state index is 14.1. The molecule has 28 heavy (non-hydrogen) atoms. The largest absolute Gasteiger partial charge is 0.451 e. The second-order valence-electron chi connectivity index (χ2n) is 6.05. The van der Waals surface area contributed by atoms with Crippen LogP contribution in [-0.2, 0) is 9.53 Å². The van der Waals surface area contributed by atoms with Gasteiger partial charge < -0.3 is 14.5 Å². The highest BCUT2D eigenvalue weighted by atomic mass is 35.5. The SMILES string of the molecule is CC(=O)Nc1ccc(C(=O)COC(=O)c2oc3c(Cl)cccc3c2C)c(F)c1. The number of esters is 1. The van der Waals surface area contributed by atoms with E-state index in [1.807, 2.05) is 0 Å². The normalized spacial score (nSPS) is 10.7. The van der Waals surface area contributed by atoms with E-state index >= 15 is 0 Å². The topological polar surface area (TPSA) is 85.6 Å². The molecule has 0 saturated heterocycles. The van der Waals surface area contributed by atoms with Gasteiger partial charge in [-0.25, -0.2) is 9.18 Å². The Labute approximate surface area is 164 Å². The van der Waals surface area contributed by atoms with Gasteiger partial charge in [-0.05, 0) is 31.2 Å². The summed E-state index contributed by atoms with van der Waals surface area (Å²) < 4.78 is 24.6. The number of nitrogens with one attached hydrogen (secondary N) is 1. The molecule has 0 atom stereocenters. The lowest BCUT2D eigenvalue weighted by Gasteiger charge is -2.07. The molecule has 2 aromatic carbocycles. The van der Waals surface area contributed by atoms with E-state index in [4.69, 9.17) is 20.8 Å². The van der Waals surface area contributed by atoms with Crippen molar-refractivity contribution in [3.8, 4) is 0 Å². The first-order valence-corrected chi connectivity index (χ1v) is 8.60. The van der Waals surface area contributed by atoms with E-state index in [2.05, 4.69) is 5.32 Å². The molecule has 3 aromatic rings. The first-order valence-electron chi connectivity index (χ1n) is 8.23. The van der Waals surface area contributed by atoms with Gasteiger partial charge >= 0.3 is 5.97 Å². The Balaban J connectivity index is 1.73. The molecule has 0 bridgehead atoms. The summed E-state index contributed by atoms with van der Waals surface area (Å²) in [6.07, 6.45) is 0. The summed E-state index contributed by atoms with van der Waals surface area (Å²) in [7, 11) is 0. The maximum absolute atomic E-state index is 14.1. The van der Waals surface area contributed by atoms with Crippen LogP contribution >= 0.6 is 11.6 Å². The van der Waals surface area contributed by atoms with Crippen LogP contribution in [0.3, 0.4) is 0 Å². The number of benzene rings is 2. The van der Waals surface area contributed by atoms with E-state index in [1.54, 1.807) is 25.1 Å². The summed E-state index contributed by atoms with van der Waals surface area (Å²) >= 11 is 6.05. The Morgan fingerprint density at radius 3 is 2.61 bits per heavy atom. The van der Waals surface area contributed by atoms with Crippen LogP contribution in [-0.4, -0.2) is 24.3 Å². The molecule has 0 saturated carbocycles. The summed E-state index contributed by atoms with van der Waals surface area (Å²) in [6, 6.07) is 8.70. The molecule has 0 aliphatic heterocycles. The van der Waals surface area contributed by atoms with Crippen LogP contribution in [0, 0.1) is 12.7 Å². The first kappa shape index (κ1) is 19.6. The quantitative estimate of drug-likeness (QED) is 0.499. The van der Waals surface area contributed by atoms with Gasteiger partial charge in [0.05, 0.1) is 10.6 Å². The highest BCUT2D eigenvalue weighted by Gasteiger charge is 2.22. The third kappa shape index (κ3) is 3.89. The number of rotatable bonds is 5. The van der Waals surface area contributed by atoms with Gasteiger partial charge in [-0.3, -0.25) is 9.59 Å². The molecule has 0 spiro atoms. The third-order valence-corrected chi connectivity index (χ3v) is 4.32. The summed E-state index contributed by atoms with van der Waals surface area (Å²) in [6.45, 7) is 2.28. The molecule has 144 valence electrons. The van der Waals surface area contributed by atoms with Gasteiger partial charge in [-0.15, -0.1) is 0 Å². The van der Waals surface area contributed by atoms with Crippen molar-refractivity contribution >= 4 is 45.9 Å². The monoisotopic (exact) mass is 403 g/mol. The molecule has 3 rings (SSSR count). The lowest BCUT2D eigenvalue weighted by atomic mass is 10.1. The molecule has 1 aromatic heterocycles. The molecule has 0 fully saturated rings. The third-order valence-electron chi connectivity index (χ3n) is 4.03. The number of furan rings is 1. The maximum Gasteiger partial charge on any atom is 0.375 e. The van der Waals surface area contributed by atoms with Crippen LogP contribution in [0.25, 0.3) is 11.0 Å². The molecule has 6 nitrogen and oxygen atoms in total. The number of ether oxygens (including phenoxy) is 1. The molecular formula is C20H15ClFNO5. The molecule has 1 N–H and O–H groups in total. The van der Waals surface area contributed by atoms with E-state index in [-0.39, 0.29) is 22.9 Å². The standard InChI is InChI=1S/C20H15ClFNO5/c1-10-13-4-3-5-15(21)19(13)28-18(10)20(26)27-9-17(25)14-7-6-12(8-16(14)22)23-11(2)24/h3-8H,9H2,1-2H3,(H,23,24). The van der Waals surface area contributed by atoms with E-state index in [0.29, 0.717) is 21.6 Å². The lowest BCUT2D eigenvalue weighted by molar-refractivity contribution is -0.114. The predicted molar refractivity (Wildman–Crippen MR) is 101 cm³/mol. The summed E-state index contributed by atoms with van der Waals surface area (Å²) in [5, 5.41) is 3.41. The highest BCUT2D eigenvalue weighted by Crippen LogP contribution is 2.31. The molecule has 0 aliphatic rings. The Morgan fingerprint density at radius 1 is 1.21 bits per heavy atom. The van der Waals surface area contributed by atoms with E-state index in [1.165, 1.54) is 19.1 Å². The van der Waals surface area contributed by atoms with Crippen molar-refractivity contribution in [3.63, 3.8) is 0 Å². The molecule has 8 heteroatoms. The van der Waals surface area contributed by atoms with Crippen molar-refractivity contribution in [1.29, 1.82) is 0 Å². The van der Waals surface area contributed by atoms with Gasteiger partial charge in [0, 0.05) is 23.6 Å². The van der Waals surface area contributed by atoms with Crippen LogP contribution < -0.4 is 5.32 Å². The van der Waals surface area contributed by atoms with Crippen molar-refractivity contribution in [2.45, 2.75) is 13.8 Å². The van der Waals surface area contributed by atoms with Crippen LogP contribution in [0.5, 0.6) is 0 Å². The summed E-state index contributed by atoms with van der Waals surface area (Å²) in [5.41, 5.74) is 0.833. The second kappa shape index (κ2) is 7.82. The molecular weight excluding hydrogens is 389 g/mol. The summed E-state index contributed by atoms with van der Waals surface area (Å²) in [4.78, 5) is 35.5. The van der Waals surface area contributed by atoms with Crippen molar-refractivity contribution in [1.82, 2.24) is 0 Å². The average molecular weight is 404 g/mol. The fourth-order valence-electron chi connectivity index (χ4n) is 2.70. The van der Waals surface area contributed by atoms with Crippen molar-refractivity contribution in [3.05, 3.63) is 64.1 Å². The number of carbonyl (C=O) groups excluding carboxylic acids is 3. The number of halogens is 2. The fraction of sp³-hybridized carbons (Fsp3) is 0.150. The molecule has 0 aliphatic carbocycles. The zero-order valence-electron chi connectivity index (χ0n) is 15.0.